The fourth-order valence-electron chi connectivity index (χ4n) is 0.685. The molecule has 0 aliphatic carbocycles. The lowest BCUT2D eigenvalue weighted by molar-refractivity contribution is 0.120. The third-order valence-corrected chi connectivity index (χ3v) is 1.14. The van der Waals surface area contributed by atoms with Crippen molar-refractivity contribution in [1.82, 2.24) is 0 Å². The summed E-state index contributed by atoms with van der Waals surface area (Å²) in [7, 11) is 0. The summed E-state index contributed by atoms with van der Waals surface area (Å²) in [5.41, 5.74) is 0.938. The highest BCUT2D eigenvalue weighted by Gasteiger charge is 1.89. The van der Waals surface area contributed by atoms with Crippen molar-refractivity contribution in [2.75, 3.05) is 0 Å². The molecule has 0 amide bonds. The van der Waals surface area contributed by atoms with Crippen molar-refractivity contribution in [3.8, 4) is 0 Å². The summed E-state index contributed by atoms with van der Waals surface area (Å²) in [6, 6.07) is 9.36. The predicted octanol–water partition coefficient (Wildman–Crippen LogP) is 2.17. The van der Waals surface area contributed by atoms with Crippen LogP contribution in [-0.2, 0) is 11.3 Å². The summed E-state index contributed by atoms with van der Waals surface area (Å²) < 4.78 is 15.5. The zero-order valence-electron chi connectivity index (χ0n) is 5.38. The summed E-state index contributed by atoms with van der Waals surface area (Å²) in [5, 5.41) is 0. The van der Waals surface area contributed by atoms with Crippen LogP contribution < -0.4 is 0 Å². The van der Waals surface area contributed by atoms with E-state index >= 15 is 0 Å². The lowest BCUT2D eigenvalue weighted by Gasteiger charge is -1.95. The van der Waals surface area contributed by atoms with Gasteiger partial charge in [-0.05, 0) is 5.56 Å². The zero-order chi connectivity index (χ0) is 7.23. The fraction of sp³-hybridized carbons (Fsp3) is 0.125. The number of hydrogen-bond acceptors (Lipinski definition) is 1. The molecule has 52 valence electrons. The van der Waals surface area contributed by atoms with Gasteiger partial charge >= 0.3 is 6.86 Å². The van der Waals surface area contributed by atoms with E-state index < -0.39 is 0 Å². The first kappa shape index (κ1) is 7.22. The van der Waals surface area contributed by atoms with Gasteiger partial charge in [0.05, 0.1) is 6.61 Å². The Bertz CT molecular complexity index is 174. The summed E-state index contributed by atoms with van der Waals surface area (Å²) in [6.45, 7) is 1.36. The van der Waals surface area contributed by atoms with Crippen LogP contribution in [0.4, 0.5) is 4.39 Å². The molecule has 2 heteroatoms. The van der Waals surface area contributed by atoms with Gasteiger partial charge in [0.25, 0.3) is 0 Å². The molecule has 0 spiro atoms. The first-order valence-electron chi connectivity index (χ1n) is 2.95. The van der Waals surface area contributed by atoms with Crippen LogP contribution in [0.5, 0.6) is 0 Å². The van der Waals surface area contributed by atoms with Crippen LogP contribution in [0.25, 0.3) is 0 Å². The highest BCUT2D eigenvalue weighted by molar-refractivity contribution is 5.13. The van der Waals surface area contributed by atoms with Crippen LogP contribution in [0, 0.1) is 6.86 Å². The average molecular weight is 138 g/mol. The van der Waals surface area contributed by atoms with E-state index in [1.807, 2.05) is 30.3 Å². The molecular formula is C8H7FO. The Hall–Kier alpha value is -0.890. The van der Waals surface area contributed by atoms with Gasteiger partial charge in [0, 0.05) is 0 Å². The first-order chi connectivity index (χ1) is 4.93. The van der Waals surface area contributed by atoms with Gasteiger partial charge in [0.15, 0.2) is 0 Å². The second kappa shape index (κ2) is 4.01. The third kappa shape index (κ3) is 2.15. The van der Waals surface area contributed by atoms with Crippen LogP contribution in [-0.4, -0.2) is 0 Å². The quantitative estimate of drug-likeness (QED) is 0.622. The highest BCUT2D eigenvalue weighted by atomic mass is 19.1. The second-order valence-electron chi connectivity index (χ2n) is 1.85. The van der Waals surface area contributed by atoms with Crippen LogP contribution in [0.3, 0.4) is 0 Å². The molecule has 0 saturated heterocycles. The van der Waals surface area contributed by atoms with Crippen molar-refractivity contribution < 1.29 is 9.13 Å². The molecule has 2 radical (unpaired) electrons. The van der Waals surface area contributed by atoms with Gasteiger partial charge in [-0.3, -0.25) is 0 Å². The summed E-state index contributed by atoms with van der Waals surface area (Å²) in [5.74, 6) is 0. The smallest absolute Gasteiger partial charge is 0.332 e. The number of benzene rings is 1. The summed E-state index contributed by atoms with van der Waals surface area (Å²) >= 11 is 0. The van der Waals surface area contributed by atoms with E-state index in [1.165, 1.54) is 0 Å². The van der Waals surface area contributed by atoms with Crippen molar-refractivity contribution in [1.29, 1.82) is 0 Å². The monoisotopic (exact) mass is 138 g/mol. The lowest BCUT2D eigenvalue weighted by atomic mass is 10.2. The lowest BCUT2D eigenvalue weighted by Crippen LogP contribution is -1.85. The Morgan fingerprint density at radius 2 is 2.00 bits per heavy atom. The molecule has 1 nitrogen and oxygen atoms in total. The molecule has 0 aliphatic rings. The Morgan fingerprint density at radius 1 is 1.30 bits per heavy atom. The molecule has 0 fully saturated rings. The molecule has 0 aliphatic heterocycles. The summed E-state index contributed by atoms with van der Waals surface area (Å²) in [6.07, 6.45) is 0. The van der Waals surface area contributed by atoms with Crippen molar-refractivity contribution >= 4 is 0 Å². The van der Waals surface area contributed by atoms with Gasteiger partial charge in [-0.25, -0.2) is 0 Å². The van der Waals surface area contributed by atoms with Gasteiger partial charge in [-0.2, -0.15) is 4.39 Å². The molecule has 1 rings (SSSR count). The first-order valence-corrected chi connectivity index (χ1v) is 2.95. The topological polar surface area (TPSA) is 9.23 Å². The maximum atomic E-state index is 11.2. The molecule has 1 aromatic rings. The van der Waals surface area contributed by atoms with Gasteiger partial charge < -0.3 is 4.74 Å². The van der Waals surface area contributed by atoms with Crippen LogP contribution >= 0.6 is 0 Å². The van der Waals surface area contributed by atoms with Gasteiger partial charge in [0.1, 0.15) is 0 Å². The Labute approximate surface area is 59.4 Å². The number of halogens is 1. The minimum atomic E-state index is 0.247. The minimum Gasteiger partial charge on any atom is -0.332 e. The maximum Gasteiger partial charge on any atom is 0.340 e. The van der Waals surface area contributed by atoms with E-state index in [0.29, 0.717) is 0 Å². The van der Waals surface area contributed by atoms with Gasteiger partial charge in [-0.15, -0.1) is 0 Å². The van der Waals surface area contributed by atoms with E-state index in [2.05, 4.69) is 4.74 Å². The van der Waals surface area contributed by atoms with Crippen LogP contribution in [0.15, 0.2) is 30.3 Å². The van der Waals surface area contributed by atoms with Crippen LogP contribution in [0.1, 0.15) is 5.56 Å². The normalized spacial score (nSPS) is 9.70. The van der Waals surface area contributed by atoms with E-state index in [-0.39, 0.29) is 6.61 Å². The van der Waals surface area contributed by atoms with Crippen molar-refractivity contribution in [3.63, 3.8) is 0 Å². The minimum absolute atomic E-state index is 0.247. The SMILES string of the molecule is F[C]OCc1ccccc1. The number of rotatable bonds is 3. The van der Waals surface area contributed by atoms with E-state index in [1.54, 1.807) is 0 Å². The highest BCUT2D eigenvalue weighted by Crippen LogP contribution is 2.00. The zero-order valence-corrected chi connectivity index (χ0v) is 5.38. The Balaban J connectivity index is 2.43. The Morgan fingerprint density at radius 3 is 2.60 bits per heavy atom. The number of hydrogen-bond donors (Lipinski definition) is 0. The largest absolute Gasteiger partial charge is 0.340 e. The maximum absolute atomic E-state index is 11.2. The predicted molar refractivity (Wildman–Crippen MR) is 35.6 cm³/mol. The molecule has 0 heterocycles. The van der Waals surface area contributed by atoms with Gasteiger partial charge in [-0.1, -0.05) is 30.3 Å². The molecule has 0 aromatic heterocycles. The van der Waals surface area contributed by atoms with Crippen molar-refractivity contribution in [2.24, 2.45) is 0 Å². The number of ether oxygens (including phenoxy) is 1. The molecule has 0 saturated carbocycles. The van der Waals surface area contributed by atoms with Crippen molar-refractivity contribution in [2.45, 2.75) is 6.61 Å². The van der Waals surface area contributed by atoms with E-state index in [9.17, 15) is 4.39 Å². The second-order valence-corrected chi connectivity index (χ2v) is 1.85. The average Bonchev–Trinajstić information content (AvgIpc) is 2.03. The molecule has 1 aromatic carbocycles. The molecule has 10 heavy (non-hydrogen) atoms. The summed E-state index contributed by atoms with van der Waals surface area (Å²) in [4.78, 5) is 0. The standard InChI is InChI=1S/C8H7FO/c9-7-10-6-8-4-2-1-3-5-8/h1-5H,6H2. The third-order valence-electron chi connectivity index (χ3n) is 1.14. The van der Waals surface area contributed by atoms with Gasteiger partial charge in [0.2, 0.25) is 0 Å². The molecular weight excluding hydrogens is 131 g/mol. The molecule has 0 N–H and O–H groups in total. The van der Waals surface area contributed by atoms with E-state index in [0.717, 1.165) is 12.4 Å². The van der Waals surface area contributed by atoms with E-state index in [4.69, 9.17) is 0 Å². The van der Waals surface area contributed by atoms with Crippen molar-refractivity contribution in [3.05, 3.63) is 42.8 Å². The van der Waals surface area contributed by atoms with Crippen LogP contribution in [0.2, 0.25) is 0 Å². The molecule has 0 bridgehead atoms. The fourth-order valence-corrected chi connectivity index (χ4v) is 0.685. The molecule has 0 unspecified atom stereocenters. The molecule has 0 atom stereocenters. The Kier molecular flexibility index (Phi) is 2.90.